The molecule has 0 aliphatic rings. The molecular formula is C15H23N3O. The van der Waals surface area contributed by atoms with Crippen LogP contribution in [0.1, 0.15) is 26.3 Å². The third kappa shape index (κ3) is 3.55. The molecule has 2 aromatic rings. The number of fused-ring (bicyclic) bond motifs is 1. The number of ether oxygens (including phenoxy) is 1. The van der Waals surface area contributed by atoms with Crippen LogP contribution < -0.4 is 5.73 Å². The molecule has 104 valence electrons. The monoisotopic (exact) mass is 261 g/mol. The molecule has 2 aromatic heterocycles. The molecule has 0 bridgehead atoms. The van der Waals surface area contributed by atoms with Crippen molar-refractivity contribution in [2.75, 3.05) is 13.2 Å². The lowest BCUT2D eigenvalue weighted by atomic mass is 10.2. The third-order valence-electron chi connectivity index (χ3n) is 3.00. The summed E-state index contributed by atoms with van der Waals surface area (Å²) in [5.74, 6) is 0. The van der Waals surface area contributed by atoms with E-state index < -0.39 is 0 Å². The standard InChI is InChI=1S/C15H23N3O/c1-15(2,3)19-10-9-18-11-12(6-7-16)13-5-4-8-17-14(13)18/h4-5,8,11H,6-7,9-10,16H2,1-3H3. The van der Waals surface area contributed by atoms with E-state index in [0.29, 0.717) is 13.2 Å². The highest BCUT2D eigenvalue weighted by molar-refractivity contribution is 5.80. The number of rotatable bonds is 5. The van der Waals surface area contributed by atoms with E-state index in [-0.39, 0.29) is 5.60 Å². The molecule has 2 heterocycles. The van der Waals surface area contributed by atoms with E-state index in [1.54, 1.807) is 0 Å². The van der Waals surface area contributed by atoms with E-state index in [1.807, 2.05) is 12.3 Å². The Balaban J connectivity index is 2.18. The topological polar surface area (TPSA) is 53.1 Å². The minimum Gasteiger partial charge on any atom is -0.374 e. The molecule has 0 aromatic carbocycles. The van der Waals surface area contributed by atoms with Gasteiger partial charge in [-0.1, -0.05) is 0 Å². The van der Waals surface area contributed by atoms with Gasteiger partial charge >= 0.3 is 0 Å². The molecule has 0 saturated heterocycles. The van der Waals surface area contributed by atoms with Gasteiger partial charge in [0, 0.05) is 24.3 Å². The molecule has 0 aliphatic heterocycles. The Kier molecular flexibility index (Phi) is 4.22. The van der Waals surface area contributed by atoms with Gasteiger partial charge in [-0.2, -0.15) is 0 Å². The summed E-state index contributed by atoms with van der Waals surface area (Å²) in [5.41, 5.74) is 7.85. The predicted molar refractivity (Wildman–Crippen MR) is 78.2 cm³/mol. The van der Waals surface area contributed by atoms with Gasteiger partial charge in [-0.3, -0.25) is 0 Å². The van der Waals surface area contributed by atoms with Gasteiger partial charge in [-0.05, 0) is 51.4 Å². The van der Waals surface area contributed by atoms with Crippen molar-refractivity contribution < 1.29 is 4.74 Å². The van der Waals surface area contributed by atoms with Gasteiger partial charge < -0.3 is 15.0 Å². The fraction of sp³-hybridized carbons (Fsp3) is 0.533. The average molecular weight is 261 g/mol. The van der Waals surface area contributed by atoms with Crippen LogP contribution in [0.3, 0.4) is 0 Å². The number of hydrogen-bond acceptors (Lipinski definition) is 3. The highest BCUT2D eigenvalue weighted by Gasteiger charge is 2.12. The Morgan fingerprint density at radius 3 is 2.84 bits per heavy atom. The molecule has 2 N–H and O–H groups in total. The molecule has 0 atom stereocenters. The Morgan fingerprint density at radius 2 is 2.16 bits per heavy atom. The van der Waals surface area contributed by atoms with Crippen LogP contribution in [0, 0.1) is 0 Å². The molecule has 0 radical (unpaired) electrons. The van der Waals surface area contributed by atoms with Crippen molar-refractivity contribution in [3.05, 3.63) is 30.1 Å². The zero-order valence-corrected chi connectivity index (χ0v) is 12.0. The van der Waals surface area contributed by atoms with Gasteiger partial charge in [0.15, 0.2) is 0 Å². The Morgan fingerprint density at radius 1 is 1.37 bits per heavy atom. The number of nitrogens with zero attached hydrogens (tertiary/aromatic N) is 2. The third-order valence-corrected chi connectivity index (χ3v) is 3.00. The number of aromatic nitrogens is 2. The molecule has 2 rings (SSSR count). The molecule has 0 spiro atoms. The lowest BCUT2D eigenvalue weighted by molar-refractivity contribution is -0.00649. The summed E-state index contributed by atoms with van der Waals surface area (Å²) in [4.78, 5) is 4.47. The van der Waals surface area contributed by atoms with E-state index >= 15 is 0 Å². The first-order valence-electron chi connectivity index (χ1n) is 6.78. The van der Waals surface area contributed by atoms with E-state index in [4.69, 9.17) is 10.5 Å². The van der Waals surface area contributed by atoms with Crippen LogP contribution in [0.15, 0.2) is 24.5 Å². The fourth-order valence-electron chi connectivity index (χ4n) is 2.17. The van der Waals surface area contributed by atoms with Crippen molar-refractivity contribution in [2.24, 2.45) is 5.73 Å². The van der Waals surface area contributed by atoms with E-state index in [0.717, 1.165) is 18.6 Å². The lowest BCUT2D eigenvalue weighted by Gasteiger charge is -2.19. The summed E-state index contributed by atoms with van der Waals surface area (Å²) < 4.78 is 7.94. The highest BCUT2D eigenvalue weighted by atomic mass is 16.5. The minimum absolute atomic E-state index is 0.101. The maximum Gasteiger partial charge on any atom is 0.140 e. The molecule has 19 heavy (non-hydrogen) atoms. The second kappa shape index (κ2) is 5.72. The first-order chi connectivity index (χ1) is 9.01. The van der Waals surface area contributed by atoms with Gasteiger partial charge in [0.05, 0.1) is 12.2 Å². The summed E-state index contributed by atoms with van der Waals surface area (Å²) >= 11 is 0. The average Bonchev–Trinajstić information content (AvgIpc) is 2.68. The second-order valence-electron chi connectivity index (χ2n) is 5.72. The van der Waals surface area contributed by atoms with Crippen molar-refractivity contribution in [1.29, 1.82) is 0 Å². The van der Waals surface area contributed by atoms with Crippen molar-refractivity contribution >= 4 is 11.0 Å². The minimum atomic E-state index is -0.101. The molecule has 4 heteroatoms. The van der Waals surface area contributed by atoms with Crippen LogP contribution in [0.5, 0.6) is 0 Å². The van der Waals surface area contributed by atoms with Crippen LogP contribution in [0.4, 0.5) is 0 Å². The van der Waals surface area contributed by atoms with E-state index in [9.17, 15) is 0 Å². The smallest absolute Gasteiger partial charge is 0.140 e. The lowest BCUT2D eigenvalue weighted by Crippen LogP contribution is -2.21. The summed E-state index contributed by atoms with van der Waals surface area (Å²) in [6.45, 7) is 8.37. The van der Waals surface area contributed by atoms with Gasteiger partial charge in [0.25, 0.3) is 0 Å². The molecule has 0 saturated carbocycles. The first kappa shape index (κ1) is 14.0. The predicted octanol–water partition coefficient (Wildman–Crippen LogP) is 2.35. The second-order valence-corrected chi connectivity index (χ2v) is 5.72. The molecule has 0 fully saturated rings. The SMILES string of the molecule is CC(C)(C)OCCn1cc(CCN)c2cccnc21. The van der Waals surface area contributed by atoms with Gasteiger partial charge in [-0.15, -0.1) is 0 Å². The molecular weight excluding hydrogens is 238 g/mol. The summed E-state index contributed by atoms with van der Waals surface area (Å²) in [5, 5.41) is 1.20. The Bertz CT molecular complexity index is 540. The quantitative estimate of drug-likeness (QED) is 0.899. The van der Waals surface area contributed by atoms with Crippen molar-refractivity contribution in [2.45, 2.75) is 39.3 Å². The molecule has 0 unspecified atom stereocenters. The van der Waals surface area contributed by atoms with Crippen LogP contribution in [0.2, 0.25) is 0 Å². The summed E-state index contributed by atoms with van der Waals surface area (Å²) in [6, 6.07) is 4.08. The highest BCUT2D eigenvalue weighted by Crippen LogP contribution is 2.19. The maximum atomic E-state index is 5.78. The van der Waals surface area contributed by atoms with Crippen LogP contribution in [0.25, 0.3) is 11.0 Å². The fourth-order valence-corrected chi connectivity index (χ4v) is 2.17. The van der Waals surface area contributed by atoms with Crippen LogP contribution in [-0.2, 0) is 17.7 Å². The largest absolute Gasteiger partial charge is 0.374 e. The Labute approximate surface area is 114 Å². The number of pyridine rings is 1. The van der Waals surface area contributed by atoms with E-state index in [1.165, 1.54) is 10.9 Å². The summed E-state index contributed by atoms with van der Waals surface area (Å²) in [6.07, 6.45) is 4.86. The maximum absolute atomic E-state index is 5.78. The van der Waals surface area contributed by atoms with Gasteiger partial charge in [0.1, 0.15) is 5.65 Å². The normalized spacial score (nSPS) is 12.2. The zero-order chi connectivity index (χ0) is 13.9. The first-order valence-corrected chi connectivity index (χ1v) is 6.78. The zero-order valence-electron chi connectivity index (χ0n) is 12.0. The van der Waals surface area contributed by atoms with Gasteiger partial charge in [-0.25, -0.2) is 4.98 Å². The van der Waals surface area contributed by atoms with Crippen molar-refractivity contribution in [3.8, 4) is 0 Å². The number of nitrogens with two attached hydrogens (primary N) is 1. The molecule has 4 nitrogen and oxygen atoms in total. The summed E-state index contributed by atoms with van der Waals surface area (Å²) in [7, 11) is 0. The molecule has 0 aliphatic carbocycles. The molecule has 0 amide bonds. The van der Waals surface area contributed by atoms with Crippen molar-refractivity contribution in [1.82, 2.24) is 9.55 Å². The van der Waals surface area contributed by atoms with Crippen LogP contribution in [-0.4, -0.2) is 28.3 Å². The Hall–Kier alpha value is -1.39. The van der Waals surface area contributed by atoms with Crippen molar-refractivity contribution in [3.63, 3.8) is 0 Å². The van der Waals surface area contributed by atoms with Crippen LogP contribution >= 0.6 is 0 Å². The van der Waals surface area contributed by atoms with E-state index in [2.05, 4.69) is 42.6 Å². The van der Waals surface area contributed by atoms with Gasteiger partial charge in [0.2, 0.25) is 0 Å². The number of hydrogen-bond donors (Lipinski definition) is 1.